The van der Waals surface area contributed by atoms with Crippen LogP contribution < -0.4 is 15.4 Å². The summed E-state index contributed by atoms with van der Waals surface area (Å²) >= 11 is 1.42. The average molecular weight is 346 g/mol. The molecule has 8 heteroatoms. The second-order valence-electron chi connectivity index (χ2n) is 5.47. The van der Waals surface area contributed by atoms with E-state index < -0.39 is 0 Å². The van der Waals surface area contributed by atoms with Gasteiger partial charge in [0.2, 0.25) is 11.0 Å². The van der Waals surface area contributed by atoms with Gasteiger partial charge in [-0.1, -0.05) is 23.5 Å². The van der Waals surface area contributed by atoms with E-state index in [1.165, 1.54) is 18.4 Å². The lowest BCUT2D eigenvalue weighted by molar-refractivity contribution is -0.116. The summed E-state index contributed by atoms with van der Waals surface area (Å²) in [6.07, 6.45) is 2.47. The summed E-state index contributed by atoms with van der Waals surface area (Å²) in [5, 5.41) is 14.9. The van der Waals surface area contributed by atoms with Gasteiger partial charge in [-0.25, -0.2) is 0 Å². The number of anilines is 1. The molecule has 0 aliphatic heterocycles. The molecule has 1 aromatic heterocycles. The molecule has 0 atom stereocenters. The number of nitrogens with zero attached hydrogens (tertiary/aromatic N) is 2. The van der Waals surface area contributed by atoms with E-state index in [9.17, 15) is 9.59 Å². The number of ether oxygens (including phenoxy) is 1. The number of carbonyl (C=O) groups is 2. The van der Waals surface area contributed by atoms with Crippen LogP contribution in [0.5, 0.6) is 5.75 Å². The number of carbonyl (C=O) groups excluding carboxylic acids is 2. The van der Waals surface area contributed by atoms with Crippen molar-refractivity contribution in [1.82, 2.24) is 15.5 Å². The number of rotatable bonds is 7. The van der Waals surface area contributed by atoms with Crippen LogP contribution in [0.2, 0.25) is 0 Å². The molecule has 3 rings (SSSR count). The third-order valence-corrected chi connectivity index (χ3v) is 4.60. The number of hydrogen-bond donors (Lipinski definition) is 2. The molecule has 0 bridgehead atoms. The van der Waals surface area contributed by atoms with Crippen LogP contribution in [0.4, 0.5) is 5.13 Å². The standard InChI is InChI=1S/C16H18N4O3S/c1-23-12-5-3-2-4-11(12)14(22)17-9-8-13(21)18-16-20-19-15(24-16)10-6-7-10/h2-5,10H,6-9H2,1H3,(H,17,22)(H,18,20,21). The van der Waals surface area contributed by atoms with Gasteiger partial charge in [0.1, 0.15) is 10.8 Å². The molecule has 1 aliphatic carbocycles. The molecule has 0 spiro atoms. The minimum Gasteiger partial charge on any atom is -0.496 e. The molecule has 1 heterocycles. The summed E-state index contributed by atoms with van der Waals surface area (Å²) in [4.78, 5) is 24.0. The predicted molar refractivity (Wildman–Crippen MR) is 90.5 cm³/mol. The third-order valence-electron chi connectivity index (χ3n) is 3.60. The Morgan fingerprint density at radius 3 is 2.83 bits per heavy atom. The molecule has 0 unspecified atom stereocenters. The highest BCUT2D eigenvalue weighted by Crippen LogP contribution is 2.42. The van der Waals surface area contributed by atoms with Crippen molar-refractivity contribution in [2.75, 3.05) is 19.0 Å². The summed E-state index contributed by atoms with van der Waals surface area (Å²) in [5.74, 6) is 0.551. The van der Waals surface area contributed by atoms with Gasteiger partial charge in [-0.15, -0.1) is 10.2 Å². The second-order valence-corrected chi connectivity index (χ2v) is 6.48. The Labute approximate surface area is 143 Å². The van der Waals surface area contributed by atoms with Crippen molar-refractivity contribution in [3.8, 4) is 5.75 Å². The van der Waals surface area contributed by atoms with Gasteiger partial charge in [-0.3, -0.25) is 9.59 Å². The van der Waals surface area contributed by atoms with Gasteiger partial charge in [0.15, 0.2) is 0 Å². The van der Waals surface area contributed by atoms with Crippen LogP contribution in [0.1, 0.15) is 40.5 Å². The third kappa shape index (κ3) is 4.08. The van der Waals surface area contributed by atoms with E-state index in [0.717, 1.165) is 17.8 Å². The number of aromatic nitrogens is 2. The van der Waals surface area contributed by atoms with Crippen molar-refractivity contribution >= 4 is 28.3 Å². The first-order chi connectivity index (χ1) is 11.7. The number of benzene rings is 1. The summed E-state index contributed by atoms with van der Waals surface area (Å²) in [7, 11) is 1.51. The first kappa shape index (κ1) is 16.4. The molecule has 1 fully saturated rings. The van der Waals surface area contributed by atoms with E-state index in [-0.39, 0.29) is 24.8 Å². The number of hydrogen-bond acceptors (Lipinski definition) is 6. The van der Waals surface area contributed by atoms with Crippen molar-refractivity contribution in [2.24, 2.45) is 0 Å². The van der Waals surface area contributed by atoms with Crippen LogP contribution in [-0.4, -0.2) is 35.7 Å². The number of para-hydroxylation sites is 1. The predicted octanol–water partition coefficient (Wildman–Crippen LogP) is 2.18. The number of nitrogens with one attached hydrogen (secondary N) is 2. The molecule has 1 aliphatic rings. The molecule has 24 heavy (non-hydrogen) atoms. The van der Waals surface area contributed by atoms with Crippen molar-refractivity contribution in [3.63, 3.8) is 0 Å². The number of methoxy groups -OCH3 is 1. The van der Waals surface area contributed by atoms with Gasteiger partial charge in [0.05, 0.1) is 12.7 Å². The van der Waals surface area contributed by atoms with Crippen molar-refractivity contribution in [2.45, 2.75) is 25.2 Å². The fourth-order valence-electron chi connectivity index (χ4n) is 2.18. The van der Waals surface area contributed by atoms with E-state index in [4.69, 9.17) is 4.74 Å². The fraction of sp³-hybridized carbons (Fsp3) is 0.375. The highest BCUT2D eigenvalue weighted by molar-refractivity contribution is 7.15. The lowest BCUT2D eigenvalue weighted by atomic mass is 10.2. The van der Waals surface area contributed by atoms with Crippen LogP contribution in [-0.2, 0) is 4.79 Å². The van der Waals surface area contributed by atoms with Crippen LogP contribution in [0.25, 0.3) is 0 Å². The fourth-order valence-corrected chi connectivity index (χ4v) is 3.11. The Morgan fingerprint density at radius 2 is 2.08 bits per heavy atom. The largest absolute Gasteiger partial charge is 0.496 e. The molecule has 0 saturated heterocycles. The quantitative estimate of drug-likeness (QED) is 0.801. The summed E-state index contributed by atoms with van der Waals surface area (Å²) in [6, 6.07) is 6.95. The zero-order valence-electron chi connectivity index (χ0n) is 13.2. The lowest BCUT2D eigenvalue weighted by Crippen LogP contribution is -2.28. The minimum absolute atomic E-state index is 0.166. The first-order valence-corrected chi connectivity index (χ1v) is 8.53. The molecule has 126 valence electrons. The molecule has 1 saturated carbocycles. The van der Waals surface area contributed by atoms with Crippen LogP contribution >= 0.6 is 11.3 Å². The van der Waals surface area contributed by atoms with E-state index >= 15 is 0 Å². The highest BCUT2D eigenvalue weighted by atomic mass is 32.1. The molecule has 2 aromatic rings. The normalized spacial score (nSPS) is 13.4. The Balaban J connectivity index is 1.45. The Morgan fingerprint density at radius 1 is 1.29 bits per heavy atom. The molecular formula is C16H18N4O3S. The molecule has 2 amide bonds. The van der Waals surface area contributed by atoms with Crippen LogP contribution in [0.15, 0.2) is 24.3 Å². The van der Waals surface area contributed by atoms with Crippen molar-refractivity contribution < 1.29 is 14.3 Å². The van der Waals surface area contributed by atoms with E-state index in [1.807, 2.05) is 0 Å². The maximum absolute atomic E-state index is 12.1. The first-order valence-electron chi connectivity index (χ1n) is 7.72. The lowest BCUT2D eigenvalue weighted by Gasteiger charge is -2.08. The van der Waals surface area contributed by atoms with Gasteiger partial charge in [-0.2, -0.15) is 0 Å². The van der Waals surface area contributed by atoms with Gasteiger partial charge < -0.3 is 15.4 Å². The summed E-state index contributed by atoms with van der Waals surface area (Å²) in [5.41, 5.74) is 0.443. The average Bonchev–Trinajstić information content (AvgIpc) is 3.34. The monoisotopic (exact) mass is 346 g/mol. The second kappa shape index (κ2) is 7.39. The molecule has 2 N–H and O–H groups in total. The zero-order chi connectivity index (χ0) is 16.9. The Hall–Kier alpha value is -2.48. The molecule has 0 radical (unpaired) electrons. The SMILES string of the molecule is COc1ccccc1C(=O)NCCC(=O)Nc1nnc(C2CC2)s1. The minimum atomic E-state index is -0.271. The van der Waals surface area contributed by atoms with E-state index in [0.29, 0.717) is 22.4 Å². The van der Waals surface area contributed by atoms with E-state index in [2.05, 4.69) is 20.8 Å². The molecule has 7 nitrogen and oxygen atoms in total. The zero-order valence-corrected chi connectivity index (χ0v) is 14.1. The van der Waals surface area contributed by atoms with Gasteiger partial charge in [-0.05, 0) is 25.0 Å². The topological polar surface area (TPSA) is 93.2 Å². The highest BCUT2D eigenvalue weighted by Gasteiger charge is 2.27. The van der Waals surface area contributed by atoms with Gasteiger partial charge in [0.25, 0.3) is 5.91 Å². The van der Waals surface area contributed by atoms with Crippen LogP contribution in [0.3, 0.4) is 0 Å². The molecular weight excluding hydrogens is 328 g/mol. The van der Waals surface area contributed by atoms with Gasteiger partial charge in [0, 0.05) is 18.9 Å². The van der Waals surface area contributed by atoms with Crippen LogP contribution in [0, 0.1) is 0 Å². The maximum Gasteiger partial charge on any atom is 0.255 e. The Kier molecular flexibility index (Phi) is 5.05. The smallest absolute Gasteiger partial charge is 0.255 e. The Bertz CT molecular complexity index is 742. The van der Waals surface area contributed by atoms with Gasteiger partial charge >= 0.3 is 0 Å². The van der Waals surface area contributed by atoms with Crippen molar-refractivity contribution in [1.29, 1.82) is 0 Å². The van der Waals surface area contributed by atoms with Crippen molar-refractivity contribution in [3.05, 3.63) is 34.8 Å². The van der Waals surface area contributed by atoms with E-state index in [1.54, 1.807) is 24.3 Å². The summed E-state index contributed by atoms with van der Waals surface area (Å²) in [6.45, 7) is 0.233. The maximum atomic E-state index is 12.1. The number of amides is 2. The molecule has 1 aromatic carbocycles. The summed E-state index contributed by atoms with van der Waals surface area (Å²) < 4.78 is 5.15.